The third-order valence-electron chi connectivity index (χ3n) is 3.00. The van der Waals surface area contributed by atoms with Gasteiger partial charge in [0.1, 0.15) is 0 Å². The van der Waals surface area contributed by atoms with E-state index in [1.165, 1.54) is 57.8 Å². The lowest BCUT2D eigenvalue weighted by atomic mass is 9.91. The second kappa shape index (κ2) is 11.1. The molecule has 0 nitrogen and oxygen atoms in total. The highest BCUT2D eigenvalue weighted by Gasteiger charge is 2.06. The third-order valence-corrected chi connectivity index (χ3v) is 3.00. The van der Waals surface area contributed by atoms with Crippen LogP contribution in [0, 0.1) is 12.3 Å². The Morgan fingerprint density at radius 2 is 1.50 bits per heavy atom. The molecule has 0 heteroatoms. The minimum atomic E-state index is 0.983. The van der Waals surface area contributed by atoms with Crippen LogP contribution in [0.1, 0.15) is 78.6 Å². The van der Waals surface area contributed by atoms with Crippen LogP contribution in [0.3, 0.4) is 0 Å². The van der Waals surface area contributed by atoms with Gasteiger partial charge in [-0.2, -0.15) is 0 Å². The van der Waals surface area contributed by atoms with Crippen LogP contribution in [-0.4, -0.2) is 0 Å². The van der Waals surface area contributed by atoms with Crippen molar-refractivity contribution in [1.29, 1.82) is 0 Å². The van der Waals surface area contributed by atoms with Crippen LogP contribution in [0.15, 0.2) is 0 Å². The van der Waals surface area contributed by atoms with Gasteiger partial charge in [0.25, 0.3) is 0 Å². The minimum absolute atomic E-state index is 0.983. The summed E-state index contributed by atoms with van der Waals surface area (Å²) in [5.41, 5.74) is 0. The van der Waals surface area contributed by atoms with Crippen molar-refractivity contribution in [2.75, 3.05) is 0 Å². The fraction of sp³-hybridized carbons (Fsp3) is 0.929. The van der Waals surface area contributed by atoms with E-state index in [0.717, 1.165) is 5.92 Å². The van der Waals surface area contributed by atoms with E-state index in [0.29, 0.717) is 0 Å². The zero-order valence-electron chi connectivity index (χ0n) is 10.5. The Morgan fingerprint density at radius 3 is 2.07 bits per heavy atom. The molecule has 0 heterocycles. The molecule has 85 valence electrons. The molecule has 0 aromatic carbocycles. The number of hydrogen-bond donors (Lipinski definition) is 0. The molecular formula is C14H29. The molecule has 0 bridgehead atoms. The molecule has 0 saturated carbocycles. The Bertz CT molecular complexity index is 96.2. The average Bonchev–Trinajstić information content (AvgIpc) is 2.20. The average molecular weight is 197 g/mol. The molecule has 1 unspecified atom stereocenters. The summed E-state index contributed by atoms with van der Waals surface area (Å²) in [5.74, 6) is 0.983. The van der Waals surface area contributed by atoms with E-state index in [1.54, 1.807) is 0 Å². The van der Waals surface area contributed by atoms with Crippen molar-refractivity contribution in [3.05, 3.63) is 6.42 Å². The van der Waals surface area contributed by atoms with Crippen LogP contribution < -0.4 is 0 Å². The Labute approximate surface area is 91.5 Å². The lowest BCUT2D eigenvalue weighted by Gasteiger charge is -2.15. The summed E-state index contributed by atoms with van der Waals surface area (Å²) < 4.78 is 0. The second-order valence-electron chi connectivity index (χ2n) is 4.50. The summed E-state index contributed by atoms with van der Waals surface area (Å²) in [5, 5.41) is 0. The van der Waals surface area contributed by atoms with Crippen LogP contribution >= 0.6 is 0 Å². The topological polar surface area (TPSA) is 0 Å². The normalized spacial score (nSPS) is 13.1. The molecule has 0 saturated heterocycles. The van der Waals surface area contributed by atoms with Gasteiger partial charge in [0.2, 0.25) is 0 Å². The molecule has 0 aliphatic heterocycles. The van der Waals surface area contributed by atoms with Gasteiger partial charge in [0, 0.05) is 0 Å². The highest BCUT2D eigenvalue weighted by Crippen LogP contribution is 2.21. The summed E-state index contributed by atoms with van der Waals surface area (Å²) in [6.45, 7) is 6.78. The Kier molecular flexibility index (Phi) is 11.1. The molecule has 1 radical (unpaired) electrons. The van der Waals surface area contributed by atoms with Gasteiger partial charge in [0.05, 0.1) is 0 Å². The lowest BCUT2D eigenvalue weighted by molar-refractivity contribution is 0.407. The van der Waals surface area contributed by atoms with Crippen LogP contribution in [0.2, 0.25) is 0 Å². The quantitative estimate of drug-likeness (QED) is 0.413. The molecule has 0 aromatic rings. The second-order valence-corrected chi connectivity index (χ2v) is 4.50. The lowest BCUT2D eigenvalue weighted by Crippen LogP contribution is -2.00. The Hall–Kier alpha value is 0. The van der Waals surface area contributed by atoms with Crippen molar-refractivity contribution >= 4 is 0 Å². The third kappa shape index (κ3) is 8.59. The molecule has 0 spiro atoms. The van der Waals surface area contributed by atoms with Gasteiger partial charge >= 0.3 is 0 Å². The van der Waals surface area contributed by atoms with Gasteiger partial charge in [-0.05, 0) is 18.8 Å². The molecule has 0 rings (SSSR count). The van der Waals surface area contributed by atoms with E-state index in [2.05, 4.69) is 27.2 Å². The number of hydrogen-bond acceptors (Lipinski definition) is 0. The maximum atomic E-state index is 2.35. The molecule has 0 aliphatic carbocycles. The van der Waals surface area contributed by atoms with Crippen LogP contribution in [0.5, 0.6) is 0 Å². The molecule has 0 aliphatic rings. The minimum Gasteiger partial charge on any atom is -0.0654 e. The Balaban J connectivity index is 3.40. The van der Waals surface area contributed by atoms with Gasteiger partial charge < -0.3 is 0 Å². The summed E-state index contributed by atoms with van der Waals surface area (Å²) in [6.07, 6.45) is 15.1. The van der Waals surface area contributed by atoms with Gasteiger partial charge in [0.15, 0.2) is 0 Å². The van der Waals surface area contributed by atoms with Gasteiger partial charge in [-0.15, -0.1) is 0 Å². The first-order valence-electron chi connectivity index (χ1n) is 6.62. The molecule has 0 amide bonds. The summed E-state index contributed by atoms with van der Waals surface area (Å²) in [4.78, 5) is 0. The van der Waals surface area contributed by atoms with E-state index in [-0.39, 0.29) is 0 Å². The Morgan fingerprint density at radius 1 is 0.857 bits per heavy atom. The number of unbranched alkanes of at least 4 members (excludes halogenated alkanes) is 4. The van der Waals surface area contributed by atoms with Crippen LogP contribution in [0.25, 0.3) is 0 Å². The first-order chi connectivity index (χ1) is 6.85. The molecule has 0 N–H and O–H groups in total. The van der Waals surface area contributed by atoms with Crippen LogP contribution in [-0.2, 0) is 0 Å². The SMILES string of the molecule is C[CH]CC(CCCC)CCCCCC. The van der Waals surface area contributed by atoms with Crippen molar-refractivity contribution in [1.82, 2.24) is 0 Å². The molecule has 1 atom stereocenters. The van der Waals surface area contributed by atoms with E-state index in [9.17, 15) is 0 Å². The van der Waals surface area contributed by atoms with Crippen molar-refractivity contribution in [3.63, 3.8) is 0 Å². The van der Waals surface area contributed by atoms with Gasteiger partial charge in [-0.1, -0.05) is 72.1 Å². The predicted octanol–water partition coefficient (Wildman–Crippen LogP) is 5.38. The van der Waals surface area contributed by atoms with Crippen molar-refractivity contribution in [2.45, 2.75) is 78.6 Å². The van der Waals surface area contributed by atoms with E-state index < -0.39 is 0 Å². The summed E-state index contributed by atoms with van der Waals surface area (Å²) in [6, 6.07) is 0. The highest BCUT2D eigenvalue weighted by molar-refractivity contribution is 4.67. The fourth-order valence-electron chi connectivity index (χ4n) is 2.07. The van der Waals surface area contributed by atoms with E-state index >= 15 is 0 Å². The fourth-order valence-corrected chi connectivity index (χ4v) is 2.07. The monoisotopic (exact) mass is 197 g/mol. The first-order valence-corrected chi connectivity index (χ1v) is 6.62. The predicted molar refractivity (Wildman–Crippen MR) is 66.4 cm³/mol. The zero-order valence-corrected chi connectivity index (χ0v) is 10.5. The van der Waals surface area contributed by atoms with Gasteiger partial charge in [-0.3, -0.25) is 0 Å². The zero-order chi connectivity index (χ0) is 10.6. The van der Waals surface area contributed by atoms with Crippen molar-refractivity contribution < 1.29 is 0 Å². The standard InChI is InChI=1S/C14H29/c1-4-7-9-10-13-14(11-6-3)12-8-5-2/h6,14H,4-5,7-13H2,1-3H3. The van der Waals surface area contributed by atoms with E-state index in [1.807, 2.05) is 0 Å². The highest BCUT2D eigenvalue weighted by atomic mass is 14.1. The molecule has 0 fully saturated rings. The summed E-state index contributed by atoms with van der Waals surface area (Å²) in [7, 11) is 0. The maximum absolute atomic E-state index is 2.35. The summed E-state index contributed by atoms with van der Waals surface area (Å²) >= 11 is 0. The number of rotatable bonds is 10. The molecule has 14 heavy (non-hydrogen) atoms. The molecule has 0 aromatic heterocycles. The smallest absolute Gasteiger partial charge is 0.0412 e. The first kappa shape index (κ1) is 14.0. The maximum Gasteiger partial charge on any atom is -0.0412 e. The largest absolute Gasteiger partial charge is 0.0654 e. The molecular weight excluding hydrogens is 168 g/mol. The van der Waals surface area contributed by atoms with Crippen LogP contribution in [0.4, 0.5) is 0 Å². The van der Waals surface area contributed by atoms with E-state index in [4.69, 9.17) is 0 Å². The van der Waals surface area contributed by atoms with Gasteiger partial charge in [-0.25, -0.2) is 0 Å². The van der Waals surface area contributed by atoms with Crippen molar-refractivity contribution in [3.8, 4) is 0 Å². The van der Waals surface area contributed by atoms with Crippen molar-refractivity contribution in [2.24, 2.45) is 5.92 Å².